The standard InChI is InChI=1S/C27H38ClN3O8.C22H30ClN3O6.ClH/c1-25(2,3)21(29-24(34)38-26(4,5)6)22(32)31-14-27(13-18(31)23(33)37-9)12-17(30-39-27)15-10-16(28)20(36-8)11-19(15)35-7;1-21(2,3)18(24)19(27)26-11-22(10-15(26)20(28)31-6)9-14(25-32-22)12-7-13(23)17(30-5)8-16(12)29-4;/h10-11,18,21H,12-14H2,1-9H3,(H,29,34);7-8,15,18H,9-11,24H2,1-6H3;1H/t18-,21+,27+;15-,18+,22+;/m00./s1. The van der Waals surface area contributed by atoms with E-state index in [2.05, 4.69) is 15.6 Å². The highest BCUT2D eigenvalue weighted by Crippen LogP contribution is 2.45. The van der Waals surface area contributed by atoms with Crippen LogP contribution in [0.5, 0.6) is 23.0 Å². The molecule has 0 aromatic heterocycles. The van der Waals surface area contributed by atoms with Gasteiger partial charge in [0.05, 0.1) is 83.3 Å². The van der Waals surface area contributed by atoms with E-state index in [1.54, 1.807) is 45.0 Å². The molecule has 0 saturated carbocycles. The second kappa shape index (κ2) is 22.8. The lowest BCUT2D eigenvalue weighted by Crippen LogP contribution is -2.57. The summed E-state index contributed by atoms with van der Waals surface area (Å²) in [5, 5.41) is 12.0. The molecule has 400 valence electrons. The molecule has 72 heavy (non-hydrogen) atoms. The van der Waals surface area contributed by atoms with Gasteiger partial charge in [0, 0.05) is 48.9 Å². The number of likely N-dealkylation sites (tertiary alicyclic amines) is 2. The van der Waals surface area contributed by atoms with Gasteiger partial charge in [-0.25, -0.2) is 14.4 Å². The number of carbonyl (C=O) groups excluding carboxylic acids is 5. The van der Waals surface area contributed by atoms with Crippen LogP contribution in [0, 0.1) is 10.8 Å². The number of esters is 2. The van der Waals surface area contributed by atoms with Crippen LogP contribution in [-0.4, -0.2) is 148 Å². The predicted molar refractivity (Wildman–Crippen MR) is 271 cm³/mol. The fraction of sp³-hybridized carbons (Fsp3) is 0.612. The number of nitrogens with two attached hydrogens (primary N) is 1. The third kappa shape index (κ3) is 13.0. The van der Waals surface area contributed by atoms with E-state index in [0.29, 0.717) is 62.0 Å². The zero-order valence-corrected chi connectivity index (χ0v) is 45.9. The van der Waals surface area contributed by atoms with Gasteiger partial charge in [-0.05, 0) is 43.7 Å². The van der Waals surface area contributed by atoms with Gasteiger partial charge < -0.3 is 63.7 Å². The number of nitrogens with zero attached hydrogens (tertiary/aromatic N) is 4. The molecule has 3 amide bonds. The average Bonchev–Trinajstić information content (AvgIpc) is 4.11. The molecular weight excluding hydrogens is 1000 g/mol. The number of hydrogen-bond acceptors (Lipinski definition) is 17. The highest BCUT2D eigenvalue weighted by Gasteiger charge is 2.57. The number of carbonyl (C=O) groups is 5. The summed E-state index contributed by atoms with van der Waals surface area (Å²) < 4.78 is 36.9. The minimum atomic E-state index is -0.990. The summed E-state index contributed by atoms with van der Waals surface area (Å²) >= 11 is 12.7. The second-order valence-electron chi connectivity index (χ2n) is 21.1. The maximum atomic E-state index is 13.9. The fourth-order valence-corrected chi connectivity index (χ4v) is 9.21. The molecule has 2 aromatic carbocycles. The molecule has 6 rings (SSSR count). The highest BCUT2D eigenvalue weighted by molar-refractivity contribution is 6.33. The number of amides is 3. The van der Waals surface area contributed by atoms with Crippen molar-refractivity contribution >= 4 is 76.9 Å². The lowest BCUT2D eigenvalue weighted by Gasteiger charge is -2.35. The fourth-order valence-electron chi connectivity index (χ4n) is 8.73. The summed E-state index contributed by atoms with van der Waals surface area (Å²) in [4.78, 5) is 79.7. The summed E-state index contributed by atoms with van der Waals surface area (Å²) in [6.07, 6.45) is 0.289. The van der Waals surface area contributed by atoms with Crippen LogP contribution >= 0.6 is 35.6 Å². The first-order valence-electron chi connectivity index (χ1n) is 22.9. The molecule has 3 N–H and O–H groups in total. The molecule has 2 saturated heterocycles. The van der Waals surface area contributed by atoms with Crippen LogP contribution < -0.4 is 30.0 Å². The van der Waals surface area contributed by atoms with Gasteiger partial charge in [-0.15, -0.1) is 12.4 Å². The van der Waals surface area contributed by atoms with Crippen LogP contribution in [0.25, 0.3) is 0 Å². The monoisotopic (exact) mass is 1070 g/mol. The average molecular weight is 1070 g/mol. The van der Waals surface area contributed by atoms with Gasteiger partial charge in [0.2, 0.25) is 11.8 Å². The van der Waals surface area contributed by atoms with Crippen LogP contribution in [0.2, 0.25) is 10.0 Å². The number of benzene rings is 2. The molecule has 0 bridgehead atoms. The normalized spacial score (nSPS) is 22.2. The topological polar surface area (TPSA) is 238 Å². The number of methoxy groups -OCH3 is 6. The van der Waals surface area contributed by atoms with Gasteiger partial charge in [0.25, 0.3) is 0 Å². The smallest absolute Gasteiger partial charge is 0.408 e. The zero-order valence-electron chi connectivity index (χ0n) is 43.6. The lowest BCUT2D eigenvalue weighted by atomic mass is 9.85. The number of rotatable bonds is 11. The Labute approximate surface area is 437 Å². The minimum absolute atomic E-state index is 0. The Morgan fingerprint density at radius 2 is 1.04 bits per heavy atom. The van der Waals surface area contributed by atoms with E-state index < -0.39 is 75.7 Å². The van der Waals surface area contributed by atoms with Crippen molar-refractivity contribution in [3.05, 3.63) is 45.4 Å². The molecule has 0 radical (unpaired) electrons. The molecule has 4 aliphatic rings. The first-order valence-corrected chi connectivity index (χ1v) is 23.6. The van der Waals surface area contributed by atoms with Crippen molar-refractivity contribution in [1.82, 2.24) is 15.1 Å². The minimum Gasteiger partial charge on any atom is -0.496 e. The first-order chi connectivity index (χ1) is 33.0. The number of halogens is 3. The van der Waals surface area contributed by atoms with Crippen molar-refractivity contribution in [1.29, 1.82) is 0 Å². The van der Waals surface area contributed by atoms with Crippen molar-refractivity contribution in [3.8, 4) is 23.0 Å². The third-order valence-electron chi connectivity index (χ3n) is 12.5. The van der Waals surface area contributed by atoms with E-state index in [-0.39, 0.29) is 50.7 Å². The van der Waals surface area contributed by atoms with Crippen LogP contribution in [0.4, 0.5) is 4.79 Å². The Kier molecular flexibility index (Phi) is 18.7. The molecule has 20 nitrogen and oxygen atoms in total. The molecule has 2 aromatic rings. The van der Waals surface area contributed by atoms with Crippen LogP contribution in [-0.2, 0) is 43.1 Å². The van der Waals surface area contributed by atoms with E-state index in [9.17, 15) is 24.0 Å². The third-order valence-corrected chi connectivity index (χ3v) is 13.1. The maximum absolute atomic E-state index is 13.9. The SMILES string of the molecule is COC(=O)[C@@H]1C[C@]2(CC(c3cc(Cl)c(OC)cc3OC)=NO2)CN1C(=O)[C@@H](N)C(C)(C)C.COC(=O)[C@@H]1C[C@]2(CC(c3cc(Cl)c(OC)cc3OC)=NO2)CN1C(=O)[C@@H](NC(=O)OC(C)(C)C)C(C)(C)C.Cl. The Balaban J connectivity index is 0.000000314. The summed E-state index contributed by atoms with van der Waals surface area (Å²) in [5.41, 5.74) is 4.83. The molecule has 4 heterocycles. The summed E-state index contributed by atoms with van der Waals surface area (Å²) in [7, 11) is 8.64. The number of oxime groups is 2. The van der Waals surface area contributed by atoms with Crippen molar-refractivity contribution in [2.24, 2.45) is 26.9 Å². The molecular formula is C49H69Cl3N6O14. The van der Waals surface area contributed by atoms with Gasteiger partial charge in [0.1, 0.15) is 46.7 Å². The van der Waals surface area contributed by atoms with Crippen LogP contribution in [0.1, 0.15) is 99.1 Å². The first kappa shape index (κ1) is 59.1. The van der Waals surface area contributed by atoms with Gasteiger partial charge >= 0.3 is 18.0 Å². The molecule has 23 heteroatoms. The van der Waals surface area contributed by atoms with E-state index in [4.69, 9.17) is 71.8 Å². The van der Waals surface area contributed by atoms with Crippen molar-refractivity contribution in [2.45, 2.75) is 129 Å². The van der Waals surface area contributed by atoms with E-state index in [1.807, 2.05) is 41.5 Å². The van der Waals surface area contributed by atoms with E-state index in [0.717, 1.165) is 0 Å². The Hall–Kier alpha value is -5.44. The maximum Gasteiger partial charge on any atom is 0.408 e. The van der Waals surface area contributed by atoms with Crippen molar-refractivity contribution < 1.29 is 66.8 Å². The van der Waals surface area contributed by atoms with Crippen molar-refractivity contribution in [2.75, 3.05) is 55.7 Å². The predicted octanol–water partition coefficient (Wildman–Crippen LogP) is 6.72. The van der Waals surface area contributed by atoms with Gasteiger partial charge in [0.15, 0.2) is 11.2 Å². The Morgan fingerprint density at radius 1 is 0.653 bits per heavy atom. The number of ether oxygens (including phenoxy) is 7. The molecule has 0 unspecified atom stereocenters. The van der Waals surface area contributed by atoms with E-state index in [1.165, 1.54) is 52.5 Å². The molecule has 2 spiro atoms. The zero-order chi connectivity index (χ0) is 53.2. The summed E-state index contributed by atoms with van der Waals surface area (Å²) in [5.74, 6) is 0.0401. The van der Waals surface area contributed by atoms with Gasteiger partial charge in [-0.2, -0.15) is 0 Å². The quantitative estimate of drug-likeness (QED) is 0.175. The van der Waals surface area contributed by atoms with Crippen LogP contribution in [0.15, 0.2) is 34.6 Å². The number of alkyl carbamates (subject to hydrolysis) is 1. The Morgan fingerprint density at radius 3 is 1.38 bits per heavy atom. The second-order valence-corrected chi connectivity index (χ2v) is 21.9. The lowest BCUT2D eigenvalue weighted by molar-refractivity contribution is -0.152. The molecule has 4 aliphatic heterocycles. The van der Waals surface area contributed by atoms with E-state index >= 15 is 0 Å². The Bertz CT molecular complexity index is 2440. The molecule has 0 aliphatic carbocycles. The number of nitrogens with one attached hydrogen (secondary N) is 1. The highest BCUT2D eigenvalue weighted by atomic mass is 35.5. The largest absolute Gasteiger partial charge is 0.496 e. The van der Waals surface area contributed by atoms with Crippen LogP contribution in [0.3, 0.4) is 0 Å². The van der Waals surface area contributed by atoms with Crippen molar-refractivity contribution in [3.63, 3.8) is 0 Å². The summed E-state index contributed by atoms with van der Waals surface area (Å²) in [6.45, 7) is 16.5. The molecule has 2 fully saturated rings. The summed E-state index contributed by atoms with van der Waals surface area (Å²) in [6, 6.07) is 3.19. The molecule has 6 atom stereocenters. The van der Waals surface area contributed by atoms with Gasteiger partial charge in [-0.3, -0.25) is 9.59 Å². The van der Waals surface area contributed by atoms with Gasteiger partial charge in [-0.1, -0.05) is 75.1 Å². The number of hydrogen-bond donors (Lipinski definition) is 2.